The number of fused-ring (bicyclic) bond motifs is 2. The van der Waals surface area contributed by atoms with Crippen molar-refractivity contribution < 1.29 is 5.11 Å². The van der Waals surface area contributed by atoms with Crippen molar-refractivity contribution in [3.8, 4) is 0 Å². The van der Waals surface area contributed by atoms with Crippen LogP contribution in [0.4, 0.5) is 11.6 Å². The quantitative estimate of drug-likeness (QED) is 0.119. The van der Waals surface area contributed by atoms with Crippen LogP contribution in [-0.2, 0) is 0 Å². The normalized spacial score (nSPS) is 22.4. The van der Waals surface area contributed by atoms with Gasteiger partial charge >= 0.3 is 0 Å². The number of aromatic nitrogens is 8. The first-order valence-corrected chi connectivity index (χ1v) is 24.8. The van der Waals surface area contributed by atoms with Gasteiger partial charge in [0.25, 0.3) is 0 Å². The molecule has 0 saturated carbocycles. The third kappa shape index (κ3) is 9.03. The molecule has 5 atom stereocenters. The van der Waals surface area contributed by atoms with Crippen LogP contribution >= 0.6 is 46.4 Å². The smallest absolute Gasteiger partial charge is 0.179 e. The second-order valence-corrected chi connectivity index (χ2v) is 21.0. The molecular weight excluding hydrogens is 902 g/mol. The van der Waals surface area contributed by atoms with E-state index in [0.29, 0.717) is 49.7 Å². The Bertz CT molecular complexity index is 2680. The molecule has 4 aliphatic heterocycles. The SMILES string of the molecule is Cc1nn([C@H](C)c2ccc(Cl)cc2Cl)c2nc(N3CC([C@@H]4CC(C[C@H](c5ccc(Cl)cc5Cl)n5nc(C)c6ncc(N7CC([C@H]8CCCN(CCCO)C8)C7)nc65)CN(C)C4)C3)cnc12. The van der Waals surface area contributed by atoms with Gasteiger partial charge < -0.3 is 24.7 Å². The molecule has 65 heavy (non-hydrogen) atoms. The number of nitrogens with zero attached hydrogens (tertiary/aromatic N) is 12. The van der Waals surface area contributed by atoms with Crippen molar-refractivity contribution in [3.05, 3.63) is 91.4 Å². The number of aryl methyl sites for hydroxylation is 2. The summed E-state index contributed by atoms with van der Waals surface area (Å²) in [6.45, 7) is 15.4. The Labute approximate surface area is 401 Å². The van der Waals surface area contributed by atoms with Gasteiger partial charge in [-0.25, -0.2) is 29.3 Å². The van der Waals surface area contributed by atoms with Crippen LogP contribution < -0.4 is 9.80 Å². The van der Waals surface area contributed by atoms with Crippen LogP contribution in [0.1, 0.15) is 73.6 Å². The van der Waals surface area contributed by atoms with E-state index in [-0.39, 0.29) is 18.7 Å². The van der Waals surface area contributed by atoms with E-state index in [4.69, 9.17) is 76.5 Å². The van der Waals surface area contributed by atoms with Gasteiger partial charge in [-0.2, -0.15) is 10.2 Å². The molecule has 1 unspecified atom stereocenters. The maximum absolute atomic E-state index is 9.38. The fourth-order valence-corrected chi connectivity index (χ4v) is 12.4. The summed E-state index contributed by atoms with van der Waals surface area (Å²) in [5.74, 6) is 4.50. The van der Waals surface area contributed by atoms with E-state index in [0.717, 1.165) is 135 Å². The Morgan fingerprint density at radius 3 is 1.91 bits per heavy atom. The topological polar surface area (TPSA) is 120 Å². The molecule has 0 spiro atoms. The van der Waals surface area contributed by atoms with E-state index < -0.39 is 0 Å². The molecule has 0 aliphatic carbocycles. The van der Waals surface area contributed by atoms with Crippen molar-refractivity contribution in [1.82, 2.24) is 49.3 Å². The van der Waals surface area contributed by atoms with E-state index in [2.05, 4.69) is 44.3 Å². The second-order valence-electron chi connectivity index (χ2n) is 19.3. The number of hydrogen-bond acceptors (Lipinski definition) is 11. The monoisotopic (exact) mass is 958 g/mol. The summed E-state index contributed by atoms with van der Waals surface area (Å²) in [6, 6.07) is 11.1. The van der Waals surface area contributed by atoms with E-state index in [1.54, 1.807) is 6.07 Å². The van der Waals surface area contributed by atoms with E-state index in [1.807, 2.05) is 55.2 Å². The van der Waals surface area contributed by atoms with Gasteiger partial charge in [0.15, 0.2) is 11.3 Å². The lowest BCUT2D eigenvalue weighted by Crippen LogP contribution is -2.54. The molecule has 8 heterocycles. The molecule has 1 N–H and O–H groups in total. The summed E-state index contributed by atoms with van der Waals surface area (Å²) < 4.78 is 4.04. The Kier molecular flexibility index (Phi) is 12.9. The molecule has 10 rings (SSSR count). The summed E-state index contributed by atoms with van der Waals surface area (Å²) in [6.07, 6.45) is 9.11. The fourth-order valence-electron chi connectivity index (χ4n) is 11.3. The molecule has 0 bridgehead atoms. The van der Waals surface area contributed by atoms with Crippen LogP contribution in [0.3, 0.4) is 0 Å². The number of likely N-dealkylation sites (tertiary alicyclic amines) is 2. The van der Waals surface area contributed by atoms with Gasteiger partial charge in [0.2, 0.25) is 0 Å². The van der Waals surface area contributed by atoms with Crippen LogP contribution in [0.25, 0.3) is 22.3 Å². The van der Waals surface area contributed by atoms with Crippen LogP contribution in [0, 0.1) is 43.4 Å². The number of rotatable bonds is 13. The molecule has 4 saturated heterocycles. The second kappa shape index (κ2) is 18.7. The summed E-state index contributed by atoms with van der Waals surface area (Å²) >= 11 is 26.4. The minimum Gasteiger partial charge on any atom is -0.396 e. The fraction of sp³-hybridized carbons (Fsp3) is 0.542. The molecule has 17 heteroatoms. The Balaban J connectivity index is 0.857. The Hall–Kier alpha value is -3.82. The van der Waals surface area contributed by atoms with Gasteiger partial charge in [0, 0.05) is 79.1 Å². The van der Waals surface area contributed by atoms with Crippen LogP contribution in [-0.4, -0.2) is 127 Å². The number of halogens is 4. The van der Waals surface area contributed by atoms with Gasteiger partial charge in [0.05, 0.1) is 35.9 Å². The lowest BCUT2D eigenvalue weighted by atomic mass is 9.75. The lowest BCUT2D eigenvalue weighted by Gasteiger charge is -2.48. The van der Waals surface area contributed by atoms with Crippen LogP contribution in [0.15, 0.2) is 48.8 Å². The van der Waals surface area contributed by atoms with Crippen molar-refractivity contribution in [1.29, 1.82) is 0 Å². The third-order valence-corrected chi connectivity index (χ3v) is 15.9. The molecule has 0 radical (unpaired) electrons. The van der Waals surface area contributed by atoms with Crippen LogP contribution in [0.2, 0.25) is 20.1 Å². The van der Waals surface area contributed by atoms with Gasteiger partial charge in [-0.1, -0.05) is 58.5 Å². The highest BCUT2D eigenvalue weighted by Gasteiger charge is 2.41. The zero-order valence-corrected chi connectivity index (χ0v) is 40.6. The highest BCUT2D eigenvalue weighted by atomic mass is 35.5. The van der Waals surface area contributed by atoms with E-state index in [1.165, 1.54) is 12.8 Å². The third-order valence-electron chi connectivity index (χ3n) is 14.8. The Morgan fingerprint density at radius 2 is 1.29 bits per heavy atom. The minimum absolute atomic E-state index is 0.154. The molecule has 344 valence electrons. The molecule has 0 amide bonds. The maximum Gasteiger partial charge on any atom is 0.179 e. The summed E-state index contributed by atoms with van der Waals surface area (Å²) in [4.78, 5) is 30.1. The molecule has 4 aliphatic rings. The lowest BCUT2D eigenvalue weighted by molar-refractivity contribution is 0.0896. The van der Waals surface area contributed by atoms with Gasteiger partial charge in [0.1, 0.15) is 22.7 Å². The van der Waals surface area contributed by atoms with Crippen molar-refractivity contribution >= 4 is 80.4 Å². The largest absolute Gasteiger partial charge is 0.396 e. The minimum atomic E-state index is -0.160. The summed E-state index contributed by atoms with van der Waals surface area (Å²) in [5.41, 5.74) is 6.78. The van der Waals surface area contributed by atoms with Crippen molar-refractivity contribution in [3.63, 3.8) is 0 Å². The van der Waals surface area contributed by atoms with Gasteiger partial charge in [-0.3, -0.25) is 0 Å². The molecule has 4 fully saturated rings. The standard InChI is InChI=1S/C48H58Cl4N12O/c1-28-45-47(63(57-28)30(3)38-10-8-36(49)17-40(38)51)55-43(19-53-45)62-26-35(27-62)33-15-31(21-59(4)22-33)16-42(39-11-9-37(50)18-41(39)52)64-48-46(29(2)58-64)54-20-44(56-48)61-24-34(25-61)32-7-5-12-60(23-32)13-6-14-65/h8-11,17-20,30-35,42,65H,5-7,12-16,21-27H2,1-4H3/t30-,31?,32+,33-,42-/m1/s1. The molecular formula is C48H58Cl4N12O. The van der Waals surface area contributed by atoms with Crippen LogP contribution in [0.5, 0.6) is 0 Å². The van der Waals surface area contributed by atoms with E-state index >= 15 is 0 Å². The first-order valence-electron chi connectivity index (χ1n) is 23.3. The highest BCUT2D eigenvalue weighted by Crippen LogP contribution is 2.42. The molecule has 6 aromatic rings. The molecule has 4 aromatic heterocycles. The van der Waals surface area contributed by atoms with Gasteiger partial charge in [-0.05, 0) is 131 Å². The summed E-state index contributed by atoms with van der Waals surface area (Å²) in [7, 11) is 2.25. The number of piperidine rings is 2. The first kappa shape index (κ1) is 45.0. The van der Waals surface area contributed by atoms with E-state index in [9.17, 15) is 5.11 Å². The van der Waals surface area contributed by atoms with Gasteiger partial charge in [-0.15, -0.1) is 0 Å². The number of hydrogen-bond donors (Lipinski definition) is 1. The average Bonchev–Trinajstić information content (AvgIpc) is 3.76. The predicted octanol–water partition coefficient (Wildman–Crippen LogP) is 9.02. The van der Waals surface area contributed by atoms with Crippen molar-refractivity contribution in [2.75, 3.05) is 82.4 Å². The highest BCUT2D eigenvalue weighted by molar-refractivity contribution is 6.35. The van der Waals surface area contributed by atoms with Crippen molar-refractivity contribution in [2.24, 2.45) is 29.6 Å². The summed E-state index contributed by atoms with van der Waals surface area (Å²) in [5, 5.41) is 21.9. The van der Waals surface area contributed by atoms with Crippen molar-refractivity contribution in [2.45, 2.75) is 65.0 Å². The molecule has 2 aromatic carbocycles. The maximum atomic E-state index is 9.38. The Morgan fingerprint density at radius 1 is 0.708 bits per heavy atom. The zero-order chi connectivity index (χ0) is 45.1. The number of aliphatic hydroxyl groups excluding tert-OH is 1. The number of benzene rings is 2. The number of anilines is 2. The zero-order valence-electron chi connectivity index (χ0n) is 37.6. The first-order chi connectivity index (χ1) is 31.4. The molecule has 13 nitrogen and oxygen atoms in total. The predicted molar refractivity (Wildman–Crippen MR) is 261 cm³/mol. The average molecular weight is 961 g/mol. The number of aliphatic hydroxyl groups is 1.